The van der Waals surface area contributed by atoms with E-state index >= 15 is 0 Å². The highest BCUT2D eigenvalue weighted by Gasteiger charge is 2.27. The first-order valence-corrected chi connectivity index (χ1v) is 9.43. The molecular weight excluding hydrogens is 403 g/mol. The van der Waals surface area contributed by atoms with Crippen molar-refractivity contribution in [3.63, 3.8) is 0 Å². The van der Waals surface area contributed by atoms with Gasteiger partial charge in [-0.2, -0.15) is 13.2 Å². The molecule has 0 spiro atoms. The van der Waals surface area contributed by atoms with Gasteiger partial charge in [-0.15, -0.1) is 11.3 Å². The van der Waals surface area contributed by atoms with Gasteiger partial charge in [0.05, 0.1) is 12.1 Å². The molecule has 0 fully saturated rings. The predicted octanol–water partition coefficient (Wildman–Crippen LogP) is 4.28. The molecule has 9 heteroatoms. The standard InChI is InChI=1S/C20H16F3N3O2S/c21-20(22,23)12-24-18(28)13-6-8-15(9-7-13)25-17(27)10-16-11-29-19(26-16)14-4-2-1-3-5-14/h1-9,11H,10,12H2,(H,24,28)(H,25,27). The van der Waals surface area contributed by atoms with Crippen LogP contribution in [0.2, 0.25) is 0 Å². The van der Waals surface area contributed by atoms with Gasteiger partial charge in [0, 0.05) is 22.2 Å². The first kappa shape index (κ1) is 20.5. The zero-order chi connectivity index (χ0) is 20.9. The Morgan fingerprint density at radius 2 is 1.69 bits per heavy atom. The van der Waals surface area contributed by atoms with E-state index in [1.165, 1.54) is 35.6 Å². The van der Waals surface area contributed by atoms with E-state index in [-0.39, 0.29) is 17.9 Å². The smallest absolute Gasteiger partial charge is 0.343 e. The highest BCUT2D eigenvalue weighted by atomic mass is 32.1. The third kappa shape index (κ3) is 6.15. The molecule has 0 aliphatic heterocycles. The number of aromatic nitrogens is 1. The number of anilines is 1. The highest BCUT2D eigenvalue weighted by molar-refractivity contribution is 7.13. The van der Waals surface area contributed by atoms with Gasteiger partial charge in [-0.3, -0.25) is 9.59 Å². The Labute approximate surface area is 168 Å². The van der Waals surface area contributed by atoms with E-state index in [9.17, 15) is 22.8 Å². The van der Waals surface area contributed by atoms with E-state index in [2.05, 4.69) is 10.3 Å². The molecule has 2 aromatic carbocycles. The number of halogens is 3. The third-order valence-electron chi connectivity index (χ3n) is 3.79. The Morgan fingerprint density at radius 3 is 2.34 bits per heavy atom. The molecule has 1 aromatic heterocycles. The fourth-order valence-corrected chi connectivity index (χ4v) is 3.28. The lowest BCUT2D eigenvalue weighted by Gasteiger charge is -2.09. The minimum Gasteiger partial charge on any atom is -0.343 e. The molecule has 3 aromatic rings. The lowest BCUT2D eigenvalue weighted by Crippen LogP contribution is -2.33. The predicted molar refractivity (Wildman–Crippen MR) is 105 cm³/mol. The number of carbonyl (C=O) groups excluding carboxylic acids is 2. The van der Waals surface area contributed by atoms with Gasteiger partial charge in [-0.25, -0.2) is 4.98 Å². The van der Waals surface area contributed by atoms with Crippen molar-refractivity contribution in [3.8, 4) is 10.6 Å². The van der Waals surface area contributed by atoms with Crippen molar-refractivity contribution in [1.29, 1.82) is 0 Å². The van der Waals surface area contributed by atoms with Crippen LogP contribution in [0.4, 0.5) is 18.9 Å². The maximum Gasteiger partial charge on any atom is 0.405 e. The number of alkyl halides is 3. The van der Waals surface area contributed by atoms with Gasteiger partial charge in [-0.1, -0.05) is 30.3 Å². The first-order valence-electron chi connectivity index (χ1n) is 8.55. The van der Waals surface area contributed by atoms with Crippen LogP contribution in [0.15, 0.2) is 60.0 Å². The molecule has 3 rings (SSSR count). The van der Waals surface area contributed by atoms with E-state index in [0.717, 1.165) is 10.6 Å². The molecule has 5 nitrogen and oxygen atoms in total. The van der Waals surface area contributed by atoms with Crippen LogP contribution in [0, 0.1) is 0 Å². The summed E-state index contributed by atoms with van der Waals surface area (Å²) in [5, 5.41) is 7.10. The molecule has 0 aliphatic carbocycles. The molecule has 0 saturated heterocycles. The number of amides is 2. The molecule has 0 unspecified atom stereocenters. The number of thiazole rings is 1. The van der Waals surface area contributed by atoms with Gasteiger partial charge in [0.2, 0.25) is 5.91 Å². The Bertz CT molecular complexity index is 986. The second-order valence-corrected chi connectivity index (χ2v) is 6.97. The molecule has 0 bridgehead atoms. The monoisotopic (exact) mass is 419 g/mol. The molecule has 2 amide bonds. The fourth-order valence-electron chi connectivity index (χ4n) is 2.46. The summed E-state index contributed by atoms with van der Waals surface area (Å²) < 4.78 is 36.4. The molecule has 0 saturated carbocycles. The van der Waals surface area contributed by atoms with Crippen LogP contribution in [0.3, 0.4) is 0 Å². The summed E-state index contributed by atoms with van der Waals surface area (Å²) in [5.74, 6) is -1.12. The number of rotatable bonds is 6. The van der Waals surface area contributed by atoms with Crippen LogP contribution in [-0.2, 0) is 11.2 Å². The second-order valence-electron chi connectivity index (χ2n) is 6.11. The maximum absolute atomic E-state index is 12.2. The molecule has 0 atom stereocenters. The Morgan fingerprint density at radius 1 is 1.00 bits per heavy atom. The van der Waals surface area contributed by atoms with E-state index in [0.29, 0.717) is 11.4 Å². The van der Waals surface area contributed by atoms with Gasteiger partial charge in [-0.05, 0) is 24.3 Å². The number of nitrogens with zero attached hydrogens (tertiary/aromatic N) is 1. The van der Waals surface area contributed by atoms with Crippen LogP contribution >= 0.6 is 11.3 Å². The van der Waals surface area contributed by atoms with Gasteiger partial charge in [0.25, 0.3) is 5.91 Å². The zero-order valence-corrected chi connectivity index (χ0v) is 15.8. The molecule has 29 heavy (non-hydrogen) atoms. The van der Waals surface area contributed by atoms with Crippen molar-refractivity contribution < 1.29 is 22.8 Å². The van der Waals surface area contributed by atoms with E-state index in [1.807, 2.05) is 35.7 Å². The quantitative estimate of drug-likeness (QED) is 0.626. The number of hydrogen-bond donors (Lipinski definition) is 2. The van der Waals surface area contributed by atoms with Crippen molar-refractivity contribution in [2.75, 3.05) is 11.9 Å². The minimum absolute atomic E-state index is 0.0688. The summed E-state index contributed by atoms with van der Waals surface area (Å²) >= 11 is 1.45. The Kier molecular flexibility index (Phi) is 6.28. The molecule has 1 heterocycles. The average molecular weight is 419 g/mol. The van der Waals surface area contributed by atoms with E-state index < -0.39 is 18.6 Å². The number of carbonyl (C=O) groups is 2. The summed E-state index contributed by atoms with van der Waals surface area (Å²) in [5.41, 5.74) is 2.11. The summed E-state index contributed by atoms with van der Waals surface area (Å²) in [4.78, 5) is 28.3. The molecule has 150 valence electrons. The van der Waals surface area contributed by atoms with Crippen molar-refractivity contribution >= 4 is 28.8 Å². The van der Waals surface area contributed by atoms with Gasteiger partial charge >= 0.3 is 6.18 Å². The Hall–Kier alpha value is -3.20. The normalized spacial score (nSPS) is 11.1. The summed E-state index contributed by atoms with van der Waals surface area (Å²) in [6, 6.07) is 15.2. The van der Waals surface area contributed by atoms with Crippen LogP contribution < -0.4 is 10.6 Å². The summed E-state index contributed by atoms with van der Waals surface area (Å²) in [6.45, 7) is -1.40. The third-order valence-corrected chi connectivity index (χ3v) is 4.73. The van der Waals surface area contributed by atoms with E-state index in [1.54, 1.807) is 5.32 Å². The lowest BCUT2D eigenvalue weighted by molar-refractivity contribution is -0.123. The van der Waals surface area contributed by atoms with Gasteiger partial charge in [0.1, 0.15) is 11.6 Å². The maximum atomic E-state index is 12.2. The Balaban J connectivity index is 1.54. The largest absolute Gasteiger partial charge is 0.405 e. The molecular formula is C20H16F3N3O2S. The van der Waals surface area contributed by atoms with Crippen LogP contribution in [0.1, 0.15) is 16.1 Å². The van der Waals surface area contributed by atoms with Gasteiger partial charge < -0.3 is 10.6 Å². The SMILES string of the molecule is O=C(Cc1csc(-c2ccccc2)n1)Nc1ccc(C(=O)NCC(F)(F)F)cc1. The van der Waals surface area contributed by atoms with Crippen LogP contribution in [0.25, 0.3) is 10.6 Å². The molecule has 2 N–H and O–H groups in total. The van der Waals surface area contributed by atoms with Crippen molar-refractivity contribution in [3.05, 3.63) is 71.2 Å². The average Bonchev–Trinajstić information content (AvgIpc) is 3.15. The number of benzene rings is 2. The van der Waals surface area contributed by atoms with Crippen LogP contribution in [0.5, 0.6) is 0 Å². The van der Waals surface area contributed by atoms with Crippen molar-refractivity contribution in [1.82, 2.24) is 10.3 Å². The fraction of sp³-hybridized carbons (Fsp3) is 0.150. The topological polar surface area (TPSA) is 71.1 Å². The zero-order valence-electron chi connectivity index (χ0n) is 15.0. The van der Waals surface area contributed by atoms with Gasteiger partial charge in [0.15, 0.2) is 0 Å². The second kappa shape index (κ2) is 8.87. The van der Waals surface area contributed by atoms with Crippen molar-refractivity contribution in [2.24, 2.45) is 0 Å². The summed E-state index contributed by atoms with van der Waals surface area (Å²) in [7, 11) is 0. The van der Waals surface area contributed by atoms with Crippen LogP contribution in [-0.4, -0.2) is 29.5 Å². The molecule has 0 aliphatic rings. The summed E-state index contributed by atoms with van der Waals surface area (Å²) in [6.07, 6.45) is -4.39. The lowest BCUT2D eigenvalue weighted by atomic mass is 10.2. The molecule has 0 radical (unpaired) electrons. The highest BCUT2D eigenvalue weighted by Crippen LogP contribution is 2.23. The number of hydrogen-bond acceptors (Lipinski definition) is 4. The van der Waals surface area contributed by atoms with E-state index in [4.69, 9.17) is 0 Å². The van der Waals surface area contributed by atoms with Crippen molar-refractivity contribution in [2.45, 2.75) is 12.6 Å². The minimum atomic E-state index is -4.47. The number of nitrogens with one attached hydrogen (secondary N) is 2. The first-order chi connectivity index (χ1) is 13.8.